The van der Waals surface area contributed by atoms with Gasteiger partial charge in [-0.05, 0) is 88.4 Å². The first-order valence-electron chi connectivity index (χ1n) is 15.2. The summed E-state index contributed by atoms with van der Waals surface area (Å²) in [7, 11) is 3.72. The fraction of sp³-hybridized carbons (Fsp3) is 0.647. The van der Waals surface area contributed by atoms with Crippen molar-refractivity contribution < 1.29 is 18.9 Å². The van der Waals surface area contributed by atoms with Crippen molar-refractivity contribution in [2.24, 2.45) is 17.3 Å². The molecular weight excluding hydrogens is 486 g/mol. The van der Waals surface area contributed by atoms with Crippen molar-refractivity contribution in [3.63, 3.8) is 0 Å². The molecule has 0 aromatic heterocycles. The highest BCUT2D eigenvalue weighted by Gasteiger charge is 2.81. The van der Waals surface area contributed by atoms with Gasteiger partial charge in [-0.2, -0.15) is 0 Å². The van der Waals surface area contributed by atoms with E-state index in [2.05, 4.69) is 61.2 Å². The number of ether oxygens (including phenoxy) is 4. The van der Waals surface area contributed by atoms with E-state index >= 15 is 0 Å². The van der Waals surface area contributed by atoms with Crippen LogP contribution in [0.25, 0.3) is 0 Å². The number of fused-ring (bicyclic) bond motifs is 2. The predicted molar refractivity (Wildman–Crippen MR) is 150 cm³/mol. The number of hydrogen-bond donors (Lipinski definition) is 0. The molecule has 39 heavy (non-hydrogen) atoms. The van der Waals surface area contributed by atoms with Crippen molar-refractivity contribution >= 4 is 0 Å². The molecule has 5 aliphatic carbocycles. The van der Waals surface area contributed by atoms with Crippen LogP contribution in [0, 0.1) is 17.3 Å². The highest BCUT2D eigenvalue weighted by Crippen LogP contribution is 2.77. The minimum Gasteiger partial charge on any atom is -0.493 e. The maximum Gasteiger partial charge on any atom is 0.165 e. The van der Waals surface area contributed by atoms with Gasteiger partial charge < -0.3 is 18.9 Å². The zero-order valence-electron chi connectivity index (χ0n) is 24.0. The van der Waals surface area contributed by atoms with Gasteiger partial charge >= 0.3 is 0 Å². The molecule has 5 heteroatoms. The number of hydrogen-bond acceptors (Lipinski definition) is 5. The van der Waals surface area contributed by atoms with E-state index in [1.165, 1.54) is 42.5 Å². The summed E-state index contributed by atoms with van der Waals surface area (Å²) in [5, 5.41) is 0. The zero-order valence-corrected chi connectivity index (χ0v) is 24.0. The Balaban J connectivity index is 1.26. The van der Waals surface area contributed by atoms with Crippen LogP contribution >= 0.6 is 0 Å². The van der Waals surface area contributed by atoms with E-state index in [0.717, 1.165) is 49.6 Å². The molecule has 5 nitrogen and oxygen atoms in total. The third-order valence-corrected chi connectivity index (χ3v) is 12.2. The number of methoxy groups -OCH3 is 2. The molecule has 0 radical (unpaired) electrons. The maximum atomic E-state index is 7.22. The van der Waals surface area contributed by atoms with Crippen LogP contribution in [0.4, 0.5) is 0 Å². The Kier molecular flexibility index (Phi) is 5.22. The SMILES string of the molecule is COc1ccc2c3c1O[C@H]1[C@@]4(OC)CC[C@@]5(C[C@@H]4C(C)(C)OCc4ccccc4)[C@@H](C2)N(CC2CC2)CC[C@]315. The number of likely N-dealkylation sites (tertiary alicyclic amines) is 1. The summed E-state index contributed by atoms with van der Waals surface area (Å²) < 4.78 is 26.8. The Morgan fingerprint density at radius 2 is 1.85 bits per heavy atom. The van der Waals surface area contributed by atoms with Crippen LogP contribution in [-0.2, 0) is 27.9 Å². The van der Waals surface area contributed by atoms with E-state index in [-0.39, 0.29) is 28.5 Å². The molecule has 9 rings (SSSR count). The highest BCUT2D eigenvalue weighted by molar-refractivity contribution is 5.63. The van der Waals surface area contributed by atoms with Crippen LogP contribution in [0.15, 0.2) is 42.5 Å². The van der Waals surface area contributed by atoms with Crippen molar-refractivity contribution in [3.05, 3.63) is 59.2 Å². The minimum atomic E-state index is -0.399. The van der Waals surface area contributed by atoms with Crippen molar-refractivity contribution in [1.82, 2.24) is 4.90 Å². The molecule has 0 unspecified atom stereocenters. The molecule has 0 amide bonds. The Labute approximate surface area is 233 Å². The second-order valence-corrected chi connectivity index (χ2v) is 14.0. The van der Waals surface area contributed by atoms with E-state index < -0.39 is 5.60 Å². The van der Waals surface area contributed by atoms with Crippen molar-refractivity contribution in [1.29, 1.82) is 0 Å². The Morgan fingerprint density at radius 1 is 1.03 bits per heavy atom. The molecule has 2 spiro atoms. The number of nitrogens with zero attached hydrogens (tertiary/aromatic N) is 1. The molecule has 6 atom stereocenters. The second-order valence-electron chi connectivity index (χ2n) is 14.0. The maximum absolute atomic E-state index is 7.22. The van der Waals surface area contributed by atoms with E-state index in [1.807, 2.05) is 7.11 Å². The minimum absolute atomic E-state index is 0.0157. The van der Waals surface area contributed by atoms with Crippen molar-refractivity contribution in [3.8, 4) is 11.5 Å². The lowest BCUT2D eigenvalue weighted by Crippen LogP contribution is -2.82. The first-order chi connectivity index (χ1) is 18.9. The van der Waals surface area contributed by atoms with Crippen LogP contribution in [0.5, 0.6) is 11.5 Å². The van der Waals surface area contributed by atoms with E-state index in [9.17, 15) is 0 Å². The van der Waals surface area contributed by atoms with Crippen molar-refractivity contribution in [2.45, 2.75) is 94.2 Å². The Bertz CT molecular complexity index is 1290. The molecule has 1 saturated heterocycles. The molecule has 7 aliphatic rings. The summed E-state index contributed by atoms with van der Waals surface area (Å²) in [6.45, 7) is 7.65. The monoisotopic (exact) mass is 529 g/mol. The number of benzene rings is 2. The summed E-state index contributed by atoms with van der Waals surface area (Å²) >= 11 is 0. The van der Waals surface area contributed by atoms with Crippen molar-refractivity contribution in [2.75, 3.05) is 27.3 Å². The predicted octanol–water partition coefficient (Wildman–Crippen LogP) is 5.92. The average Bonchev–Trinajstić information content (AvgIpc) is 3.70. The smallest absolute Gasteiger partial charge is 0.165 e. The van der Waals surface area contributed by atoms with Gasteiger partial charge in [0.2, 0.25) is 0 Å². The van der Waals surface area contributed by atoms with Crippen LogP contribution in [0.1, 0.15) is 69.1 Å². The summed E-state index contributed by atoms with van der Waals surface area (Å²) in [6, 6.07) is 15.6. The molecule has 2 aromatic carbocycles. The Morgan fingerprint density at radius 3 is 2.59 bits per heavy atom. The molecule has 2 aliphatic heterocycles. The lowest BCUT2D eigenvalue weighted by atomic mass is 9.34. The van der Waals surface area contributed by atoms with Crippen LogP contribution < -0.4 is 9.47 Å². The normalized spacial score (nSPS) is 37.9. The van der Waals surface area contributed by atoms with Crippen LogP contribution in [-0.4, -0.2) is 55.6 Å². The molecule has 4 saturated carbocycles. The van der Waals surface area contributed by atoms with E-state index in [1.54, 1.807) is 7.11 Å². The van der Waals surface area contributed by atoms with Gasteiger partial charge in [0.15, 0.2) is 11.5 Å². The van der Waals surface area contributed by atoms with Gasteiger partial charge in [0.25, 0.3) is 0 Å². The lowest BCUT2D eigenvalue weighted by Gasteiger charge is -2.75. The van der Waals surface area contributed by atoms with Crippen LogP contribution in [0.2, 0.25) is 0 Å². The lowest BCUT2D eigenvalue weighted by molar-refractivity contribution is -0.305. The molecule has 2 heterocycles. The van der Waals surface area contributed by atoms with Gasteiger partial charge in [-0.25, -0.2) is 0 Å². The summed E-state index contributed by atoms with van der Waals surface area (Å²) in [5.41, 5.74) is 3.55. The fourth-order valence-corrected chi connectivity index (χ4v) is 10.3. The standard InChI is InChI=1S/C34H43NO4/c1-31(2,38-21-23-8-6-5-7-9-23)26-19-32-14-15-34(26,37-4)30-33(32)16-17-35(20-22-10-11-22)27(32)18-24-12-13-25(36-3)29(39-30)28(24)33/h5-9,12-13,22,26-27,30H,10-11,14-21H2,1-4H3/t26-,27-,30-,32-,33+,34-/m1/s1. The summed E-state index contributed by atoms with van der Waals surface area (Å²) in [4.78, 5) is 2.91. The van der Waals surface area contributed by atoms with Gasteiger partial charge in [-0.1, -0.05) is 36.4 Å². The van der Waals surface area contributed by atoms with Gasteiger partial charge in [0.1, 0.15) is 11.7 Å². The van der Waals surface area contributed by atoms with Gasteiger partial charge in [-0.3, -0.25) is 4.90 Å². The van der Waals surface area contributed by atoms with E-state index in [4.69, 9.17) is 18.9 Å². The molecular formula is C34H43NO4. The van der Waals surface area contributed by atoms with Crippen LogP contribution in [0.3, 0.4) is 0 Å². The molecule has 4 bridgehead atoms. The summed E-state index contributed by atoms with van der Waals surface area (Å²) in [6.07, 6.45) is 8.42. The molecule has 0 N–H and O–H groups in total. The second kappa shape index (κ2) is 8.24. The molecule has 2 aromatic rings. The fourth-order valence-electron chi connectivity index (χ4n) is 10.3. The highest BCUT2D eigenvalue weighted by atomic mass is 16.6. The van der Waals surface area contributed by atoms with E-state index in [0.29, 0.717) is 12.6 Å². The van der Waals surface area contributed by atoms with Gasteiger partial charge in [-0.15, -0.1) is 0 Å². The first kappa shape index (κ1) is 24.7. The topological polar surface area (TPSA) is 40.2 Å². The largest absolute Gasteiger partial charge is 0.493 e. The average molecular weight is 530 g/mol. The molecule has 208 valence electrons. The third kappa shape index (κ3) is 3.08. The Hall–Kier alpha value is -2.08. The first-order valence-corrected chi connectivity index (χ1v) is 15.2. The zero-order chi connectivity index (χ0) is 26.6. The molecule has 5 fully saturated rings. The quantitative estimate of drug-likeness (QED) is 0.425. The van der Waals surface area contributed by atoms with Gasteiger partial charge in [0.05, 0.1) is 19.3 Å². The number of rotatable bonds is 8. The third-order valence-electron chi connectivity index (χ3n) is 12.2. The number of piperidine rings is 1. The van der Waals surface area contributed by atoms with Gasteiger partial charge in [0, 0.05) is 42.0 Å². The summed E-state index contributed by atoms with van der Waals surface area (Å²) in [5.74, 6) is 3.01.